The van der Waals surface area contributed by atoms with Gasteiger partial charge in [0.1, 0.15) is 5.82 Å². The minimum atomic E-state index is -4.46. The molecular formula is C22H23F3N4O3S. The van der Waals surface area contributed by atoms with Crippen LogP contribution in [0.5, 0.6) is 0 Å². The molecule has 0 spiro atoms. The third kappa shape index (κ3) is 5.03. The van der Waals surface area contributed by atoms with Crippen LogP contribution in [-0.4, -0.2) is 47.4 Å². The number of carbonyl (C=O) groups excluding carboxylic acids is 1. The Bertz CT molecular complexity index is 1290. The van der Waals surface area contributed by atoms with Gasteiger partial charge in [-0.2, -0.15) is 13.2 Å². The first-order chi connectivity index (χ1) is 15.5. The van der Waals surface area contributed by atoms with Gasteiger partial charge in [-0.05, 0) is 42.7 Å². The molecule has 0 bridgehead atoms. The summed E-state index contributed by atoms with van der Waals surface area (Å²) in [6, 6.07) is 10.1. The molecule has 11 heteroatoms. The van der Waals surface area contributed by atoms with Gasteiger partial charge in [-0.1, -0.05) is 18.2 Å². The second-order valence-corrected chi connectivity index (χ2v) is 10.1. The number of fused-ring (bicyclic) bond motifs is 1. The van der Waals surface area contributed by atoms with Crippen LogP contribution in [0.25, 0.3) is 5.52 Å². The molecule has 0 aliphatic carbocycles. The number of amides is 1. The van der Waals surface area contributed by atoms with E-state index in [1.165, 1.54) is 22.7 Å². The lowest BCUT2D eigenvalue weighted by Gasteiger charge is -2.30. The zero-order chi connectivity index (χ0) is 23.8. The Morgan fingerprint density at radius 1 is 1.21 bits per heavy atom. The Hall–Kier alpha value is -2.92. The number of halogens is 3. The molecule has 33 heavy (non-hydrogen) atoms. The molecule has 176 valence electrons. The molecule has 3 aromatic rings. The van der Waals surface area contributed by atoms with Crippen LogP contribution in [-0.2, 0) is 22.7 Å². The Morgan fingerprint density at radius 2 is 2.00 bits per heavy atom. The van der Waals surface area contributed by atoms with Gasteiger partial charge in [-0.15, -0.1) is 0 Å². The van der Waals surface area contributed by atoms with Crippen molar-refractivity contribution in [2.24, 2.45) is 0 Å². The van der Waals surface area contributed by atoms with Crippen LogP contribution >= 0.6 is 0 Å². The van der Waals surface area contributed by atoms with E-state index in [0.29, 0.717) is 29.9 Å². The van der Waals surface area contributed by atoms with Gasteiger partial charge in [0.25, 0.3) is 5.91 Å². The molecule has 3 heterocycles. The number of sulfonamides is 1. The Morgan fingerprint density at radius 3 is 2.73 bits per heavy atom. The normalized spacial score (nSPS) is 17.9. The Balaban J connectivity index is 1.58. The highest BCUT2D eigenvalue weighted by Crippen LogP contribution is 2.30. The molecule has 7 nitrogen and oxygen atoms in total. The molecule has 1 unspecified atom stereocenters. The number of carbonyl (C=O) groups is 1. The van der Waals surface area contributed by atoms with E-state index in [-0.39, 0.29) is 24.7 Å². The summed E-state index contributed by atoms with van der Waals surface area (Å²) in [6.07, 6.45) is -0.122. The number of imidazole rings is 1. The average Bonchev–Trinajstić information content (AvgIpc) is 3.16. The maximum absolute atomic E-state index is 12.9. The minimum Gasteiger partial charge on any atom is -0.347 e. The van der Waals surface area contributed by atoms with Crippen LogP contribution in [0, 0.1) is 0 Å². The maximum atomic E-state index is 12.9. The molecule has 0 saturated carbocycles. The molecule has 1 N–H and O–H groups in total. The fraction of sp³-hybridized carbons (Fsp3) is 0.364. The van der Waals surface area contributed by atoms with Gasteiger partial charge in [-0.25, -0.2) is 17.7 Å². The second kappa shape index (κ2) is 8.79. The van der Waals surface area contributed by atoms with Gasteiger partial charge in [-0.3, -0.25) is 4.79 Å². The van der Waals surface area contributed by atoms with Crippen LogP contribution in [0.4, 0.5) is 13.2 Å². The number of benzene rings is 1. The lowest BCUT2D eigenvalue weighted by Crippen LogP contribution is -2.38. The minimum absolute atomic E-state index is 0.0881. The molecule has 1 amide bonds. The molecule has 1 atom stereocenters. The van der Waals surface area contributed by atoms with Gasteiger partial charge in [0.15, 0.2) is 5.69 Å². The second-order valence-electron chi connectivity index (χ2n) is 8.12. The van der Waals surface area contributed by atoms with E-state index in [1.54, 1.807) is 28.8 Å². The van der Waals surface area contributed by atoms with Crippen molar-refractivity contribution in [3.63, 3.8) is 0 Å². The summed E-state index contributed by atoms with van der Waals surface area (Å²) in [5.74, 6) is -0.116. The Labute approximate surface area is 189 Å². The summed E-state index contributed by atoms with van der Waals surface area (Å²) in [5, 5.41) is 2.65. The molecular weight excluding hydrogens is 457 g/mol. The van der Waals surface area contributed by atoms with Gasteiger partial charge in [0.2, 0.25) is 10.0 Å². The van der Waals surface area contributed by atoms with Crippen molar-refractivity contribution in [3.8, 4) is 0 Å². The number of nitrogens with zero attached hydrogens (tertiary/aromatic N) is 3. The maximum Gasteiger partial charge on any atom is 0.416 e. The summed E-state index contributed by atoms with van der Waals surface area (Å²) in [5.41, 5.74) is 0.231. The van der Waals surface area contributed by atoms with Crippen molar-refractivity contribution in [3.05, 3.63) is 71.3 Å². The van der Waals surface area contributed by atoms with Crippen LogP contribution < -0.4 is 5.32 Å². The van der Waals surface area contributed by atoms with Crippen LogP contribution in [0.15, 0.2) is 48.7 Å². The van der Waals surface area contributed by atoms with E-state index < -0.39 is 27.7 Å². The molecule has 1 fully saturated rings. The highest BCUT2D eigenvalue weighted by Gasteiger charge is 2.32. The van der Waals surface area contributed by atoms with Crippen LogP contribution in [0.3, 0.4) is 0 Å². The number of hydrogen-bond acceptors (Lipinski definition) is 4. The van der Waals surface area contributed by atoms with Crippen molar-refractivity contribution in [2.45, 2.75) is 31.5 Å². The number of pyridine rings is 1. The zero-order valence-corrected chi connectivity index (χ0v) is 18.7. The van der Waals surface area contributed by atoms with Crippen molar-refractivity contribution >= 4 is 21.4 Å². The third-order valence-electron chi connectivity index (χ3n) is 5.72. The topological polar surface area (TPSA) is 83.8 Å². The summed E-state index contributed by atoms with van der Waals surface area (Å²) >= 11 is 0. The summed E-state index contributed by atoms with van der Waals surface area (Å²) < 4.78 is 66.0. The van der Waals surface area contributed by atoms with Crippen molar-refractivity contribution in [2.75, 3.05) is 19.3 Å². The van der Waals surface area contributed by atoms with Crippen LogP contribution in [0.2, 0.25) is 0 Å². The highest BCUT2D eigenvalue weighted by atomic mass is 32.2. The quantitative estimate of drug-likeness (QED) is 0.607. The van der Waals surface area contributed by atoms with Crippen LogP contribution in [0.1, 0.15) is 46.2 Å². The summed E-state index contributed by atoms with van der Waals surface area (Å²) in [4.78, 5) is 17.5. The monoisotopic (exact) mass is 480 g/mol. The number of nitrogens with one attached hydrogen (secondary N) is 1. The van der Waals surface area contributed by atoms with E-state index in [9.17, 15) is 26.4 Å². The first kappa shape index (κ1) is 23.2. The predicted molar refractivity (Wildman–Crippen MR) is 116 cm³/mol. The number of piperidine rings is 1. The van der Waals surface area contributed by atoms with E-state index in [1.807, 2.05) is 0 Å². The van der Waals surface area contributed by atoms with E-state index in [2.05, 4.69) is 10.3 Å². The molecule has 1 saturated heterocycles. The average molecular weight is 481 g/mol. The van der Waals surface area contributed by atoms with Crippen molar-refractivity contribution in [1.29, 1.82) is 0 Å². The molecule has 0 radical (unpaired) electrons. The first-order valence-electron chi connectivity index (χ1n) is 10.4. The molecule has 1 aliphatic rings. The number of alkyl halides is 3. The molecule has 2 aromatic heterocycles. The SMILES string of the molecule is CS(=O)(=O)N1CCCC(c2nc(C(=O)NCc3cccc(C(F)(F)F)c3)c3ccccn23)C1. The van der Waals surface area contributed by atoms with Crippen molar-refractivity contribution < 1.29 is 26.4 Å². The van der Waals surface area contributed by atoms with Gasteiger partial charge < -0.3 is 9.72 Å². The lowest BCUT2D eigenvalue weighted by molar-refractivity contribution is -0.137. The number of rotatable bonds is 5. The molecule has 1 aliphatic heterocycles. The highest BCUT2D eigenvalue weighted by molar-refractivity contribution is 7.88. The first-order valence-corrected chi connectivity index (χ1v) is 12.3. The lowest BCUT2D eigenvalue weighted by atomic mass is 9.99. The number of aromatic nitrogens is 2. The van der Waals surface area contributed by atoms with Gasteiger partial charge in [0, 0.05) is 31.7 Å². The van der Waals surface area contributed by atoms with E-state index in [4.69, 9.17) is 0 Å². The third-order valence-corrected chi connectivity index (χ3v) is 6.99. The number of hydrogen-bond donors (Lipinski definition) is 1. The fourth-order valence-electron chi connectivity index (χ4n) is 4.09. The molecule has 1 aromatic carbocycles. The zero-order valence-electron chi connectivity index (χ0n) is 17.8. The smallest absolute Gasteiger partial charge is 0.347 e. The fourth-order valence-corrected chi connectivity index (χ4v) is 5.01. The summed E-state index contributed by atoms with van der Waals surface area (Å²) in [7, 11) is -3.35. The largest absolute Gasteiger partial charge is 0.416 e. The van der Waals surface area contributed by atoms with E-state index in [0.717, 1.165) is 18.6 Å². The Kier molecular flexibility index (Phi) is 6.19. The van der Waals surface area contributed by atoms with Gasteiger partial charge in [0.05, 0.1) is 17.3 Å². The predicted octanol–water partition coefficient (Wildman–Crippen LogP) is 3.42. The van der Waals surface area contributed by atoms with Gasteiger partial charge >= 0.3 is 6.18 Å². The van der Waals surface area contributed by atoms with Crippen molar-refractivity contribution in [1.82, 2.24) is 19.0 Å². The standard InChI is InChI=1S/C22H23F3N4O3S/c1-33(31,32)28-10-5-7-16(14-28)20-27-19(18-9-2-3-11-29(18)20)21(30)26-13-15-6-4-8-17(12-15)22(23,24)25/h2-4,6,8-9,11-12,16H,5,7,10,13-14H2,1H3,(H,26,30). The van der Waals surface area contributed by atoms with E-state index >= 15 is 0 Å². The summed E-state index contributed by atoms with van der Waals surface area (Å²) in [6.45, 7) is 0.635. The molecule has 4 rings (SSSR count).